The van der Waals surface area contributed by atoms with Gasteiger partial charge in [-0.2, -0.15) is 4.98 Å². The van der Waals surface area contributed by atoms with Crippen molar-refractivity contribution in [2.45, 2.75) is 70.4 Å². The van der Waals surface area contributed by atoms with E-state index in [1.165, 1.54) is 35.6 Å². The minimum absolute atomic E-state index is 0.233. The van der Waals surface area contributed by atoms with Gasteiger partial charge in [-0.25, -0.2) is 9.97 Å². The molecule has 3 heterocycles. The first-order valence-corrected chi connectivity index (χ1v) is 14.1. The zero-order valence-electron chi connectivity index (χ0n) is 23.2. The molecule has 0 unspecified atom stereocenters. The van der Waals surface area contributed by atoms with Crippen LogP contribution in [0.3, 0.4) is 0 Å². The third kappa shape index (κ3) is 6.41. The van der Waals surface area contributed by atoms with Crippen LogP contribution in [-0.2, 0) is 0 Å². The number of aromatic nitrogens is 4. The molecule has 42 heavy (non-hydrogen) atoms. The first-order valence-electron chi connectivity index (χ1n) is 13.3. The number of aryl methyl sites for hydroxylation is 1. The topological polar surface area (TPSA) is 146 Å². The maximum Gasteiger partial charge on any atom is 0.573 e. The molecule has 0 spiro atoms. The number of fused-ring (bicyclic) bond motifs is 1. The Balaban J connectivity index is 1.47. The molecule has 4 aromatic rings. The molecule has 5 N–H and O–H groups in total. The van der Waals surface area contributed by atoms with E-state index in [2.05, 4.69) is 25.3 Å². The summed E-state index contributed by atoms with van der Waals surface area (Å²) in [6.45, 7) is 6.79. The smallest absolute Gasteiger partial charge is 0.406 e. The molecule has 1 saturated carbocycles. The van der Waals surface area contributed by atoms with Gasteiger partial charge in [0.1, 0.15) is 28.2 Å². The number of ether oxygens (including phenoxy) is 1. The van der Waals surface area contributed by atoms with E-state index in [4.69, 9.17) is 9.97 Å². The molecule has 1 aromatic carbocycles. The van der Waals surface area contributed by atoms with Gasteiger partial charge in [0.25, 0.3) is 0 Å². The van der Waals surface area contributed by atoms with Crippen molar-refractivity contribution in [2.24, 2.45) is 5.92 Å². The van der Waals surface area contributed by atoms with Crippen LogP contribution in [0.1, 0.15) is 44.5 Å². The molecule has 0 saturated heterocycles. The highest BCUT2D eigenvalue weighted by atomic mass is 32.1. The van der Waals surface area contributed by atoms with E-state index >= 15 is 0 Å². The fourth-order valence-corrected chi connectivity index (χ4v) is 6.21. The normalized spacial score (nSPS) is 21.9. The van der Waals surface area contributed by atoms with E-state index < -0.39 is 42.2 Å². The first-order chi connectivity index (χ1) is 19.7. The summed E-state index contributed by atoms with van der Waals surface area (Å²) in [4.78, 5) is 18.2. The van der Waals surface area contributed by atoms with Crippen LogP contribution in [0, 0.1) is 12.8 Å². The van der Waals surface area contributed by atoms with Gasteiger partial charge in [-0.3, -0.25) is 4.98 Å². The maximum atomic E-state index is 12.5. The minimum atomic E-state index is -4.78. The summed E-state index contributed by atoms with van der Waals surface area (Å²) in [6.07, 6.45) is -3.48. The quantitative estimate of drug-likeness (QED) is 0.190. The molecule has 224 valence electrons. The molecular weight excluding hydrogens is 573 g/mol. The van der Waals surface area contributed by atoms with Crippen LogP contribution in [0.4, 0.5) is 24.9 Å². The van der Waals surface area contributed by atoms with Crippen molar-refractivity contribution in [3.05, 3.63) is 54.0 Å². The van der Waals surface area contributed by atoms with Crippen molar-refractivity contribution in [3.8, 4) is 16.3 Å². The number of benzene rings is 1. The van der Waals surface area contributed by atoms with Crippen molar-refractivity contribution in [2.75, 3.05) is 10.6 Å². The number of hydrogen-bond donors (Lipinski definition) is 5. The van der Waals surface area contributed by atoms with Gasteiger partial charge in [0.05, 0.1) is 45.9 Å². The van der Waals surface area contributed by atoms with Gasteiger partial charge in [0, 0.05) is 12.1 Å². The average Bonchev–Trinajstić information content (AvgIpc) is 3.44. The van der Waals surface area contributed by atoms with Crippen LogP contribution in [0.15, 0.2) is 42.7 Å². The van der Waals surface area contributed by atoms with Crippen molar-refractivity contribution < 1.29 is 33.2 Å². The summed E-state index contributed by atoms with van der Waals surface area (Å²) < 4.78 is 42.5. The van der Waals surface area contributed by atoms with Crippen molar-refractivity contribution in [1.82, 2.24) is 19.9 Å². The Bertz CT molecular complexity index is 1530. The minimum Gasteiger partial charge on any atom is -0.406 e. The van der Waals surface area contributed by atoms with Gasteiger partial charge in [-0.1, -0.05) is 12.1 Å². The van der Waals surface area contributed by atoms with Gasteiger partial charge < -0.3 is 30.7 Å². The molecule has 0 aliphatic heterocycles. The highest BCUT2D eigenvalue weighted by molar-refractivity contribution is 7.21. The van der Waals surface area contributed by atoms with E-state index in [1.54, 1.807) is 33.2 Å². The van der Waals surface area contributed by atoms with Gasteiger partial charge >= 0.3 is 6.36 Å². The first kappa shape index (κ1) is 29.9. The summed E-state index contributed by atoms with van der Waals surface area (Å²) in [5.74, 6) is -0.302. The Morgan fingerprint density at radius 3 is 2.38 bits per heavy atom. The van der Waals surface area contributed by atoms with Crippen LogP contribution in [-0.4, -0.2) is 65.5 Å². The van der Waals surface area contributed by atoms with Gasteiger partial charge in [-0.05, 0) is 57.9 Å². The number of nitrogens with one attached hydrogen (secondary N) is 2. The third-order valence-corrected chi connectivity index (χ3v) is 8.42. The second kappa shape index (κ2) is 11.2. The van der Waals surface area contributed by atoms with Crippen molar-refractivity contribution in [3.63, 3.8) is 0 Å². The molecular formula is C28H31F3N6O4S. The molecule has 1 aliphatic rings. The Hall–Kier alpha value is -3.59. The molecule has 10 nitrogen and oxygen atoms in total. The number of aliphatic hydroxyl groups is 3. The number of alkyl halides is 3. The van der Waals surface area contributed by atoms with Crippen LogP contribution in [0.2, 0.25) is 0 Å². The standard InChI is InChI=1S/C28H31F3N6O4S/c1-13(15-5-7-16(8-6-15)41-28(29,30)31)33-26-34-14(2)21(25-36-19-12-32-10-9-20(19)42-25)24(37-26)35-18-11-17(27(3,4)40)22(38)23(18)39/h5-10,12-13,17-18,22-23,38-40H,11H2,1-4H3,(H2,33,34,35,37)/t13-,17+,18-,22-,23+/m1/s1. The maximum absolute atomic E-state index is 12.5. The molecule has 14 heteroatoms. The lowest BCUT2D eigenvalue weighted by Crippen LogP contribution is -2.40. The lowest BCUT2D eigenvalue weighted by molar-refractivity contribution is -0.274. The second-order valence-corrected chi connectivity index (χ2v) is 12.0. The molecule has 5 atom stereocenters. The molecule has 1 aliphatic carbocycles. The predicted octanol–water partition coefficient (Wildman–Crippen LogP) is 4.82. The number of rotatable bonds is 8. The van der Waals surface area contributed by atoms with Crippen LogP contribution in [0.25, 0.3) is 20.8 Å². The van der Waals surface area contributed by atoms with Gasteiger partial charge in [0.2, 0.25) is 5.95 Å². The summed E-state index contributed by atoms with van der Waals surface area (Å²) in [5.41, 5.74) is 1.34. The fraction of sp³-hybridized carbons (Fsp3) is 0.429. The number of halogens is 3. The van der Waals surface area contributed by atoms with Gasteiger partial charge in [0.15, 0.2) is 0 Å². The molecule has 0 amide bonds. The second-order valence-electron chi connectivity index (χ2n) is 10.9. The van der Waals surface area contributed by atoms with E-state index in [0.717, 1.165) is 4.70 Å². The highest BCUT2D eigenvalue weighted by Gasteiger charge is 2.48. The van der Waals surface area contributed by atoms with Crippen LogP contribution < -0.4 is 15.4 Å². The summed E-state index contributed by atoms with van der Waals surface area (Å²) in [6, 6.07) is 6.33. The number of nitrogens with zero attached hydrogens (tertiary/aromatic N) is 4. The van der Waals surface area contributed by atoms with Gasteiger partial charge in [-0.15, -0.1) is 24.5 Å². The molecule has 5 rings (SSSR count). The van der Waals surface area contributed by atoms with E-state index in [0.29, 0.717) is 33.2 Å². The Labute approximate surface area is 243 Å². The zero-order valence-corrected chi connectivity index (χ0v) is 24.0. The van der Waals surface area contributed by atoms with Crippen molar-refractivity contribution >= 4 is 33.3 Å². The number of anilines is 2. The van der Waals surface area contributed by atoms with Crippen LogP contribution in [0.5, 0.6) is 5.75 Å². The molecule has 3 aromatic heterocycles. The summed E-state index contributed by atoms with van der Waals surface area (Å²) >= 11 is 1.43. The third-order valence-electron chi connectivity index (χ3n) is 7.36. The summed E-state index contributed by atoms with van der Waals surface area (Å²) in [7, 11) is 0. The molecule has 0 radical (unpaired) electrons. The van der Waals surface area contributed by atoms with E-state index in [9.17, 15) is 28.5 Å². The highest BCUT2D eigenvalue weighted by Crippen LogP contribution is 2.40. The zero-order chi connectivity index (χ0) is 30.4. The monoisotopic (exact) mass is 604 g/mol. The molecule has 0 bridgehead atoms. The van der Waals surface area contributed by atoms with E-state index in [-0.39, 0.29) is 18.1 Å². The van der Waals surface area contributed by atoms with Crippen LogP contribution >= 0.6 is 11.3 Å². The lowest BCUT2D eigenvalue weighted by Gasteiger charge is -2.28. The number of pyridine rings is 1. The number of aliphatic hydroxyl groups excluding tert-OH is 2. The Kier molecular flexibility index (Phi) is 8.00. The molecule has 1 fully saturated rings. The predicted molar refractivity (Wildman–Crippen MR) is 152 cm³/mol. The average molecular weight is 605 g/mol. The largest absolute Gasteiger partial charge is 0.573 e. The Morgan fingerprint density at radius 2 is 1.76 bits per heavy atom. The SMILES string of the molecule is Cc1nc(N[C@H](C)c2ccc(OC(F)(F)F)cc2)nc(N[C@@H]2C[C@H](C(C)(C)O)[C@@H](O)[C@H]2O)c1-c1nc2cnccc2s1. The van der Waals surface area contributed by atoms with E-state index in [1.807, 2.05) is 13.0 Å². The van der Waals surface area contributed by atoms with Crippen molar-refractivity contribution in [1.29, 1.82) is 0 Å². The lowest BCUT2D eigenvalue weighted by atomic mass is 9.88. The fourth-order valence-electron chi connectivity index (χ4n) is 5.17. The number of hydrogen-bond acceptors (Lipinski definition) is 11. The summed E-state index contributed by atoms with van der Waals surface area (Å²) in [5, 5.41) is 39.2. The number of thiazole rings is 1. The Morgan fingerprint density at radius 1 is 1.05 bits per heavy atom.